The second-order valence-corrected chi connectivity index (χ2v) is 9.32. The molecule has 186 valence electrons. The summed E-state index contributed by atoms with van der Waals surface area (Å²) in [6, 6.07) is 9.22. The molecule has 10 nitrogen and oxygen atoms in total. The molecular formula is C25H19ClFN7O3. The van der Waals surface area contributed by atoms with Crippen LogP contribution < -0.4 is 0 Å². The van der Waals surface area contributed by atoms with Crippen molar-refractivity contribution in [2.45, 2.75) is 31.3 Å². The van der Waals surface area contributed by atoms with Crippen LogP contribution in [0.2, 0.25) is 5.02 Å². The molecular weight excluding hydrogens is 501 g/mol. The summed E-state index contributed by atoms with van der Waals surface area (Å²) in [6.45, 7) is 0. The molecule has 0 aliphatic carbocycles. The fourth-order valence-electron chi connectivity index (χ4n) is 5.25. The smallest absolute Gasteiger partial charge is 0.336 e. The zero-order valence-corrected chi connectivity index (χ0v) is 19.9. The molecule has 2 N–H and O–H groups in total. The summed E-state index contributed by atoms with van der Waals surface area (Å²) in [5, 5.41) is 20.6. The first-order valence-electron chi connectivity index (χ1n) is 11.5. The van der Waals surface area contributed by atoms with Crippen LogP contribution in [0, 0.1) is 5.82 Å². The fourth-order valence-corrected chi connectivity index (χ4v) is 5.41. The molecule has 0 bridgehead atoms. The second-order valence-electron chi connectivity index (χ2n) is 8.91. The molecule has 1 saturated heterocycles. The molecule has 1 unspecified atom stereocenters. The van der Waals surface area contributed by atoms with Crippen LogP contribution >= 0.6 is 11.6 Å². The van der Waals surface area contributed by atoms with Gasteiger partial charge in [-0.25, -0.2) is 14.2 Å². The Kier molecular flexibility index (Phi) is 5.56. The first-order valence-corrected chi connectivity index (χ1v) is 11.9. The normalized spacial score (nSPS) is 19.1. The van der Waals surface area contributed by atoms with E-state index in [2.05, 4.69) is 25.5 Å². The number of nitrogens with one attached hydrogen (secondary N) is 1. The van der Waals surface area contributed by atoms with Gasteiger partial charge >= 0.3 is 5.97 Å². The van der Waals surface area contributed by atoms with Crippen LogP contribution in [0.4, 0.5) is 4.39 Å². The van der Waals surface area contributed by atoms with Crippen molar-refractivity contribution in [1.29, 1.82) is 0 Å². The van der Waals surface area contributed by atoms with Gasteiger partial charge in [0.15, 0.2) is 5.82 Å². The number of amides is 1. The lowest BCUT2D eigenvalue weighted by molar-refractivity contribution is -0.129. The number of imidazole rings is 1. The van der Waals surface area contributed by atoms with E-state index < -0.39 is 11.8 Å². The average Bonchev–Trinajstić information content (AvgIpc) is 3.66. The number of benzene rings is 2. The van der Waals surface area contributed by atoms with Crippen LogP contribution in [-0.2, 0) is 4.79 Å². The van der Waals surface area contributed by atoms with Crippen LogP contribution in [-0.4, -0.2) is 58.1 Å². The summed E-state index contributed by atoms with van der Waals surface area (Å²) in [5.74, 6) is -1.36. The van der Waals surface area contributed by atoms with Gasteiger partial charge in [-0.15, -0.1) is 5.10 Å². The molecule has 6 rings (SSSR count). The van der Waals surface area contributed by atoms with Crippen LogP contribution in [0.5, 0.6) is 0 Å². The van der Waals surface area contributed by atoms with Crippen molar-refractivity contribution in [3.63, 3.8) is 0 Å². The van der Waals surface area contributed by atoms with Gasteiger partial charge in [-0.3, -0.25) is 4.79 Å². The number of carbonyl (C=O) groups excluding carboxylic acids is 1. The fraction of sp³-hybridized carbons (Fsp3) is 0.200. The predicted octanol–water partition coefficient (Wildman–Crippen LogP) is 4.06. The summed E-state index contributed by atoms with van der Waals surface area (Å²) >= 11 is 6.09. The van der Waals surface area contributed by atoms with Crippen molar-refractivity contribution >= 4 is 29.1 Å². The standard InChI is InChI=1S/C25H19ClFN7O3/c26-17-6-8-19(33-12-29-31-32-33)22(23(17)27)13-9-14-5-7-20(34(14)21(35)10-13)24-28-11-18(30-24)15-3-1-2-4-16(15)25(36)37/h1-4,6,8,10-12,14,20H,5,7,9H2,(H,28,30)(H,36,37)/t14?,20-/m0/s1. The van der Waals surface area contributed by atoms with Crippen molar-refractivity contribution in [3.05, 3.63) is 82.8 Å². The number of carbonyl (C=O) groups is 2. The van der Waals surface area contributed by atoms with Gasteiger partial charge in [0.1, 0.15) is 12.2 Å². The number of aromatic carboxylic acids is 1. The van der Waals surface area contributed by atoms with Gasteiger partial charge in [-0.1, -0.05) is 29.8 Å². The highest BCUT2D eigenvalue weighted by Crippen LogP contribution is 2.44. The molecule has 2 aromatic carbocycles. The predicted molar refractivity (Wildman–Crippen MR) is 130 cm³/mol. The highest BCUT2D eigenvalue weighted by molar-refractivity contribution is 6.31. The van der Waals surface area contributed by atoms with E-state index in [1.54, 1.807) is 35.4 Å². The van der Waals surface area contributed by atoms with Crippen LogP contribution in [0.3, 0.4) is 0 Å². The summed E-state index contributed by atoms with van der Waals surface area (Å²) in [5.41, 5.74) is 2.34. The molecule has 4 heterocycles. The Morgan fingerprint density at radius 1 is 1.19 bits per heavy atom. The van der Waals surface area contributed by atoms with Gasteiger partial charge in [-0.2, -0.15) is 4.68 Å². The third kappa shape index (κ3) is 3.87. The Labute approximate surface area is 214 Å². The molecule has 1 fully saturated rings. The number of nitrogens with zero attached hydrogens (tertiary/aromatic N) is 6. The molecule has 2 aliphatic heterocycles. The molecule has 2 aromatic heterocycles. The van der Waals surface area contributed by atoms with E-state index in [1.165, 1.54) is 29.2 Å². The van der Waals surface area contributed by atoms with E-state index in [0.29, 0.717) is 47.6 Å². The van der Waals surface area contributed by atoms with Crippen molar-refractivity contribution < 1.29 is 19.1 Å². The van der Waals surface area contributed by atoms with Gasteiger partial charge < -0.3 is 15.0 Å². The largest absolute Gasteiger partial charge is 0.478 e. The number of tetrazole rings is 1. The molecule has 0 radical (unpaired) electrons. The Bertz CT molecular complexity index is 1570. The minimum atomic E-state index is -1.04. The van der Waals surface area contributed by atoms with E-state index in [4.69, 9.17) is 11.6 Å². The summed E-state index contributed by atoms with van der Waals surface area (Å²) in [7, 11) is 0. The number of fused-ring (bicyclic) bond motifs is 1. The van der Waals surface area contributed by atoms with Crippen molar-refractivity contribution in [2.24, 2.45) is 0 Å². The zero-order chi connectivity index (χ0) is 25.7. The Morgan fingerprint density at radius 3 is 2.81 bits per heavy atom. The lowest BCUT2D eigenvalue weighted by Gasteiger charge is -2.33. The monoisotopic (exact) mass is 519 g/mol. The molecule has 4 aromatic rings. The van der Waals surface area contributed by atoms with Crippen molar-refractivity contribution in [1.82, 2.24) is 35.1 Å². The highest BCUT2D eigenvalue weighted by Gasteiger charge is 2.42. The van der Waals surface area contributed by atoms with Crippen molar-refractivity contribution in [3.8, 4) is 16.9 Å². The number of rotatable bonds is 5. The van der Waals surface area contributed by atoms with E-state index in [1.807, 2.05) is 0 Å². The number of carboxylic acids is 1. The lowest BCUT2D eigenvalue weighted by atomic mass is 9.92. The summed E-state index contributed by atoms with van der Waals surface area (Å²) in [4.78, 5) is 34.5. The number of aromatic nitrogens is 6. The molecule has 37 heavy (non-hydrogen) atoms. The molecule has 0 saturated carbocycles. The molecule has 12 heteroatoms. The van der Waals surface area contributed by atoms with E-state index in [0.717, 1.165) is 0 Å². The van der Waals surface area contributed by atoms with Crippen LogP contribution in [0.15, 0.2) is 55.0 Å². The average molecular weight is 520 g/mol. The molecule has 0 spiro atoms. The maximum absolute atomic E-state index is 15.3. The number of aromatic amines is 1. The van der Waals surface area contributed by atoms with Crippen LogP contribution in [0.25, 0.3) is 22.5 Å². The molecule has 2 aliphatic rings. The Hall–Kier alpha value is -4.38. The van der Waals surface area contributed by atoms with Gasteiger partial charge in [0.25, 0.3) is 0 Å². The SMILES string of the molecule is O=C(O)c1ccccc1-c1cnc([C@@H]2CCC3CC(c4c(-n5cnnn5)ccc(Cl)c4F)=CC(=O)N32)[nH]1. The van der Waals surface area contributed by atoms with Gasteiger partial charge in [0, 0.05) is 23.2 Å². The number of carboxylic acid groups (broad SMARTS) is 1. The molecule has 2 atom stereocenters. The summed E-state index contributed by atoms with van der Waals surface area (Å²) < 4.78 is 16.6. The summed E-state index contributed by atoms with van der Waals surface area (Å²) in [6.07, 6.45) is 6.14. The Balaban J connectivity index is 1.33. The topological polar surface area (TPSA) is 130 Å². The zero-order valence-electron chi connectivity index (χ0n) is 19.2. The maximum atomic E-state index is 15.3. The highest BCUT2D eigenvalue weighted by atomic mass is 35.5. The first kappa shape index (κ1) is 23.0. The van der Waals surface area contributed by atoms with E-state index in [-0.39, 0.29) is 34.1 Å². The lowest BCUT2D eigenvalue weighted by Crippen LogP contribution is -2.39. The Morgan fingerprint density at radius 2 is 2.03 bits per heavy atom. The van der Waals surface area contributed by atoms with Crippen molar-refractivity contribution in [2.75, 3.05) is 0 Å². The number of hydrogen-bond acceptors (Lipinski definition) is 6. The van der Waals surface area contributed by atoms with Gasteiger partial charge in [0.2, 0.25) is 5.91 Å². The first-order chi connectivity index (χ1) is 17.9. The van der Waals surface area contributed by atoms with E-state index >= 15 is 4.39 Å². The minimum absolute atomic E-state index is 0.0586. The number of H-pyrrole nitrogens is 1. The quantitative estimate of drug-likeness (QED) is 0.406. The van der Waals surface area contributed by atoms with Gasteiger partial charge in [-0.05, 0) is 53.5 Å². The maximum Gasteiger partial charge on any atom is 0.336 e. The number of halogens is 2. The molecule has 1 amide bonds. The van der Waals surface area contributed by atoms with Gasteiger partial charge in [0.05, 0.1) is 34.2 Å². The van der Waals surface area contributed by atoms with E-state index in [9.17, 15) is 14.7 Å². The minimum Gasteiger partial charge on any atom is -0.478 e. The third-order valence-electron chi connectivity index (χ3n) is 6.86. The van der Waals surface area contributed by atoms with Crippen LogP contribution in [0.1, 0.15) is 47.1 Å². The number of hydrogen-bond donors (Lipinski definition) is 2. The third-order valence-corrected chi connectivity index (χ3v) is 7.15. The second kappa shape index (κ2) is 8.93.